The lowest BCUT2D eigenvalue weighted by atomic mass is 9.98. The lowest BCUT2D eigenvalue weighted by molar-refractivity contribution is -0.128. The minimum Gasteiger partial charge on any atom is -0.504 e. The van der Waals surface area contributed by atoms with Gasteiger partial charge >= 0.3 is 0 Å². The van der Waals surface area contributed by atoms with Gasteiger partial charge in [0.05, 0.1) is 13.7 Å². The minimum absolute atomic E-state index is 0.139. The Morgan fingerprint density at radius 1 is 1.40 bits per heavy atom. The van der Waals surface area contributed by atoms with Crippen LogP contribution in [0.4, 0.5) is 0 Å². The fourth-order valence-corrected chi connectivity index (χ4v) is 2.59. The molecule has 5 nitrogen and oxygen atoms in total. The Balaban J connectivity index is 1.96. The second kappa shape index (κ2) is 6.61. The van der Waals surface area contributed by atoms with Crippen LogP contribution >= 0.6 is 0 Å². The van der Waals surface area contributed by atoms with Gasteiger partial charge in [0.2, 0.25) is 5.91 Å². The van der Waals surface area contributed by atoms with Gasteiger partial charge in [-0.25, -0.2) is 0 Å². The number of phenolic OH excluding ortho intramolecular Hbond substituents is 1. The first-order valence-corrected chi connectivity index (χ1v) is 6.76. The molecule has 1 aromatic carbocycles. The number of methoxy groups -OCH3 is 2. The van der Waals surface area contributed by atoms with Gasteiger partial charge in [-0.15, -0.1) is 0 Å². The number of benzene rings is 1. The highest BCUT2D eigenvalue weighted by molar-refractivity contribution is 5.78. The molecule has 1 amide bonds. The molecule has 0 saturated carbocycles. The Morgan fingerprint density at radius 3 is 2.90 bits per heavy atom. The summed E-state index contributed by atoms with van der Waals surface area (Å²) in [6.07, 6.45) is 1.39. The summed E-state index contributed by atoms with van der Waals surface area (Å²) < 4.78 is 10.1. The highest BCUT2D eigenvalue weighted by atomic mass is 16.5. The number of hydrogen-bond donors (Lipinski definition) is 1. The summed E-state index contributed by atoms with van der Waals surface area (Å²) in [5.41, 5.74) is 1.08. The standard InChI is InChI=1S/C15H21NO4/c1-19-6-5-16-10-12(9-15(16)18)7-11-3-4-13(17)14(8-11)20-2/h3-4,8,12,17H,5-7,9-10H2,1-2H3. The quantitative estimate of drug-likeness (QED) is 0.856. The van der Waals surface area contributed by atoms with E-state index in [1.165, 1.54) is 7.11 Å². The summed E-state index contributed by atoms with van der Waals surface area (Å²) >= 11 is 0. The van der Waals surface area contributed by atoms with Crippen LogP contribution in [-0.2, 0) is 16.0 Å². The highest BCUT2D eigenvalue weighted by Gasteiger charge is 2.29. The Labute approximate surface area is 119 Å². The highest BCUT2D eigenvalue weighted by Crippen LogP contribution is 2.29. The summed E-state index contributed by atoms with van der Waals surface area (Å²) in [6, 6.07) is 5.34. The molecule has 1 fully saturated rings. The third kappa shape index (κ3) is 3.42. The minimum atomic E-state index is 0.139. The largest absolute Gasteiger partial charge is 0.504 e. The topological polar surface area (TPSA) is 59.0 Å². The first-order valence-electron chi connectivity index (χ1n) is 6.76. The second-order valence-electron chi connectivity index (χ2n) is 5.11. The number of phenols is 1. The first kappa shape index (κ1) is 14.7. The van der Waals surface area contributed by atoms with Crippen molar-refractivity contribution in [2.75, 3.05) is 33.9 Å². The van der Waals surface area contributed by atoms with Crippen LogP contribution in [0.2, 0.25) is 0 Å². The van der Waals surface area contributed by atoms with Crippen molar-refractivity contribution in [3.05, 3.63) is 23.8 Å². The van der Waals surface area contributed by atoms with Crippen molar-refractivity contribution in [3.8, 4) is 11.5 Å². The van der Waals surface area contributed by atoms with E-state index in [2.05, 4.69) is 0 Å². The summed E-state index contributed by atoms with van der Waals surface area (Å²) in [7, 11) is 3.17. The molecular weight excluding hydrogens is 258 g/mol. The van der Waals surface area contributed by atoms with Crippen LogP contribution in [0.25, 0.3) is 0 Å². The van der Waals surface area contributed by atoms with Gasteiger partial charge in [-0.1, -0.05) is 6.07 Å². The summed E-state index contributed by atoms with van der Waals surface area (Å²) in [6.45, 7) is 2.00. The van der Waals surface area contributed by atoms with E-state index in [-0.39, 0.29) is 11.7 Å². The van der Waals surface area contributed by atoms with Gasteiger partial charge in [0.1, 0.15) is 0 Å². The SMILES string of the molecule is COCCN1CC(Cc2ccc(O)c(OC)c2)CC1=O. The Bertz CT molecular complexity index is 475. The maximum atomic E-state index is 11.9. The molecule has 1 atom stereocenters. The molecule has 20 heavy (non-hydrogen) atoms. The normalized spacial score (nSPS) is 18.6. The summed E-state index contributed by atoms with van der Waals surface area (Å²) in [4.78, 5) is 13.7. The van der Waals surface area contributed by atoms with Crippen LogP contribution in [0.15, 0.2) is 18.2 Å². The van der Waals surface area contributed by atoms with E-state index in [9.17, 15) is 9.90 Å². The molecule has 110 valence electrons. The molecule has 1 aromatic rings. The van der Waals surface area contributed by atoms with E-state index in [0.717, 1.165) is 18.5 Å². The molecule has 0 bridgehead atoms. The summed E-state index contributed by atoms with van der Waals surface area (Å²) in [5.74, 6) is 1.12. The van der Waals surface area contributed by atoms with Gasteiger partial charge in [0.15, 0.2) is 11.5 Å². The molecule has 1 aliphatic rings. The van der Waals surface area contributed by atoms with Crippen LogP contribution in [0.3, 0.4) is 0 Å². The third-order valence-electron chi connectivity index (χ3n) is 3.63. The van der Waals surface area contributed by atoms with Crippen molar-refractivity contribution in [2.45, 2.75) is 12.8 Å². The lowest BCUT2D eigenvalue weighted by Gasteiger charge is -2.16. The van der Waals surface area contributed by atoms with Crippen molar-refractivity contribution in [2.24, 2.45) is 5.92 Å². The second-order valence-corrected chi connectivity index (χ2v) is 5.11. The summed E-state index contributed by atoms with van der Waals surface area (Å²) in [5, 5.41) is 9.58. The predicted octanol–water partition coefficient (Wildman–Crippen LogP) is 1.44. The number of hydrogen-bond acceptors (Lipinski definition) is 4. The van der Waals surface area contributed by atoms with Gasteiger partial charge in [0.25, 0.3) is 0 Å². The van der Waals surface area contributed by atoms with Crippen molar-refractivity contribution in [1.82, 2.24) is 4.90 Å². The van der Waals surface area contributed by atoms with Crippen LogP contribution in [0.5, 0.6) is 11.5 Å². The Morgan fingerprint density at radius 2 is 2.20 bits per heavy atom. The monoisotopic (exact) mass is 279 g/mol. The number of carbonyl (C=O) groups is 1. The number of carbonyl (C=O) groups excluding carboxylic acids is 1. The number of nitrogens with zero attached hydrogens (tertiary/aromatic N) is 1. The fourth-order valence-electron chi connectivity index (χ4n) is 2.59. The smallest absolute Gasteiger partial charge is 0.223 e. The molecular formula is C15H21NO4. The van der Waals surface area contributed by atoms with E-state index in [1.54, 1.807) is 13.2 Å². The van der Waals surface area contributed by atoms with Gasteiger partial charge in [-0.3, -0.25) is 4.79 Å². The number of ether oxygens (including phenoxy) is 2. The van der Waals surface area contributed by atoms with Crippen LogP contribution in [-0.4, -0.2) is 49.8 Å². The van der Waals surface area contributed by atoms with Gasteiger partial charge in [-0.05, 0) is 30.0 Å². The van der Waals surface area contributed by atoms with E-state index in [4.69, 9.17) is 9.47 Å². The zero-order valence-corrected chi connectivity index (χ0v) is 12.0. The molecule has 1 heterocycles. The Hall–Kier alpha value is -1.75. The molecule has 1 aliphatic heterocycles. The van der Waals surface area contributed by atoms with Gasteiger partial charge < -0.3 is 19.5 Å². The fraction of sp³-hybridized carbons (Fsp3) is 0.533. The molecule has 0 aromatic heterocycles. The average molecular weight is 279 g/mol. The van der Waals surface area contributed by atoms with Crippen LogP contribution in [0.1, 0.15) is 12.0 Å². The zero-order chi connectivity index (χ0) is 14.5. The maximum Gasteiger partial charge on any atom is 0.223 e. The molecule has 2 rings (SSSR count). The van der Waals surface area contributed by atoms with E-state index >= 15 is 0 Å². The third-order valence-corrected chi connectivity index (χ3v) is 3.63. The predicted molar refractivity (Wildman–Crippen MR) is 74.9 cm³/mol. The number of aromatic hydroxyl groups is 1. The van der Waals surface area contributed by atoms with Gasteiger partial charge in [-0.2, -0.15) is 0 Å². The molecule has 1 N–H and O–H groups in total. The first-order chi connectivity index (χ1) is 9.63. The number of likely N-dealkylation sites (tertiary alicyclic amines) is 1. The number of rotatable bonds is 6. The van der Waals surface area contributed by atoms with Crippen LogP contribution in [0, 0.1) is 5.92 Å². The van der Waals surface area contributed by atoms with E-state index < -0.39 is 0 Å². The van der Waals surface area contributed by atoms with Gasteiger partial charge in [0, 0.05) is 26.6 Å². The molecule has 0 radical (unpaired) electrons. The molecule has 0 aliphatic carbocycles. The van der Waals surface area contributed by atoms with Crippen molar-refractivity contribution in [1.29, 1.82) is 0 Å². The molecule has 1 saturated heterocycles. The zero-order valence-electron chi connectivity index (χ0n) is 12.0. The van der Waals surface area contributed by atoms with Crippen molar-refractivity contribution in [3.63, 3.8) is 0 Å². The molecule has 1 unspecified atom stereocenters. The molecule has 5 heteroatoms. The van der Waals surface area contributed by atoms with E-state index in [0.29, 0.717) is 31.2 Å². The van der Waals surface area contributed by atoms with E-state index in [1.807, 2.05) is 17.0 Å². The Kier molecular flexibility index (Phi) is 4.84. The van der Waals surface area contributed by atoms with Crippen molar-refractivity contribution < 1.29 is 19.4 Å². The van der Waals surface area contributed by atoms with Crippen LogP contribution < -0.4 is 4.74 Å². The lowest BCUT2D eigenvalue weighted by Crippen LogP contribution is -2.28. The van der Waals surface area contributed by atoms with Crippen molar-refractivity contribution >= 4 is 5.91 Å². The number of amides is 1. The molecule has 0 spiro atoms. The average Bonchev–Trinajstić information content (AvgIpc) is 2.78. The maximum absolute atomic E-state index is 11.9.